The van der Waals surface area contributed by atoms with Crippen LogP contribution in [0, 0.1) is 0 Å². The average molecular weight is 563 g/mol. The number of sulfonamides is 1. The van der Waals surface area contributed by atoms with E-state index in [2.05, 4.69) is 5.32 Å². The summed E-state index contributed by atoms with van der Waals surface area (Å²) in [6.45, 7) is 5.21. The molecule has 0 heterocycles. The number of hydrogen-bond donors (Lipinski definition) is 1. The van der Waals surface area contributed by atoms with Gasteiger partial charge in [0.25, 0.3) is 0 Å². The standard InChI is InChI=1S/C24H30Cl3N3O4S/c1-5-16(3)28-24(32)22(6-2)29(14-17-7-9-18(25)10-8-17)23(31)15-30(35(4,33)34)19-11-12-20(26)21(27)13-19/h7-13,16,22H,5-6,14-15H2,1-4H3,(H,28,32)/t16-,22-/m1/s1. The van der Waals surface area contributed by atoms with Crippen molar-refractivity contribution in [3.8, 4) is 0 Å². The van der Waals surface area contributed by atoms with Crippen molar-refractivity contribution >= 4 is 62.3 Å². The molecule has 0 unspecified atom stereocenters. The third-order valence-corrected chi connectivity index (χ3v) is 7.66. The normalized spacial score (nSPS) is 13.1. The molecule has 0 bridgehead atoms. The van der Waals surface area contributed by atoms with E-state index in [0.717, 1.165) is 22.5 Å². The Balaban J connectivity index is 2.45. The van der Waals surface area contributed by atoms with Crippen LogP contribution in [0.15, 0.2) is 42.5 Å². The van der Waals surface area contributed by atoms with Crippen LogP contribution in [0.4, 0.5) is 5.69 Å². The van der Waals surface area contributed by atoms with Crippen LogP contribution in [-0.4, -0.2) is 50.0 Å². The van der Waals surface area contributed by atoms with Gasteiger partial charge in [-0.2, -0.15) is 0 Å². The van der Waals surface area contributed by atoms with Crippen LogP contribution in [0.2, 0.25) is 15.1 Å². The van der Waals surface area contributed by atoms with Gasteiger partial charge in [0.05, 0.1) is 22.0 Å². The van der Waals surface area contributed by atoms with Crippen molar-refractivity contribution in [1.29, 1.82) is 0 Å². The lowest BCUT2D eigenvalue weighted by Crippen LogP contribution is -2.53. The molecule has 7 nitrogen and oxygen atoms in total. The fourth-order valence-corrected chi connectivity index (χ4v) is 4.66. The van der Waals surface area contributed by atoms with Gasteiger partial charge >= 0.3 is 0 Å². The highest BCUT2D eigenvalue weighted by molar-refractivity contribution is 7.92. The van der Waals surface area contributed by atoms with E-state index in [4.69, 9.17) is 34.8 Å². The maximum Gasteiger partial charge on any atom is 0.244 e. The first kappa shape index (κ1) is 29.2. The molecule has 0 aliphatic rings. The van der Waals surface area contributed by atoms with Gasteiger partial charge in [0.1, 0.15) is 12.6 Å². The van der Waals surface area contributed by atoms with E-state index < -0.39 is 28.5 Å². The minimum absolute atomic E-state index is 0.0761. The molecule has 2 rings (SSSR count). The first-order valence-corrected chi connectivity index (χ1v) is 14.1. The molecule has 2 atom stereocenters. The summed E-state index contributed by atoms with van der Waals surface area (Å²) in [6, 6.07) is 10.3. The fraction of sp³-hybridized carbons (Fsp3) is 0.417. The van der Waals surface area contributed by atoms with Crippen molar-refractivity contribution in [1.82, 2.24) is 10.2 Å². The highest BCUT2D eigenvalue weighted by Gasteiger charge is 2.32. The quantitative estimate of drug-likeness (QED) is 0.411. The Morgan fingerprint density at radius 2 is 1.60 bits per heavy atom. The number of anilines is 1. The summed E-state index contributed by atoms with van der Waals surface area (Å²) in [7, 11) is -3.86. The van der Waals surface area contributed by atoms with Gasteiger partial charge in [0.2, 0.25) is 21.8 Å². The molecule has 192 valence electrons. The highest BCUT2D eigenvalue weighted by atomic mass is 35.5. The van der Waals surface area contributed by atoms with Crippen molar-refractivity contribution in [2.45, 2.75) is 52.2 Å². The molecule has 2 aromatic carbocycles. The molecule has 2 amide bonds. The Morgan fingerprint density at radius 1 is 0.971 bits per heavy atom. The zero-order valence-corrected chi connectivity index (χ0v) is 23.2. The summed E-state index contributed by atoms with van der Waals surface area (Å²) in [5.74, 6) is -0.841. The van der Waals surface area contributed by atoms with Crippen molar-refractivity contribution in [2.75, 3.05) is 17.1 Å². The Bertz CT molecular complexity index is 1140. The molecule has 0 saturated carbocycles. The summed E-state index contributed by atoms with van der Waals surface area (Å²) in [5, 5.41) is 3.87. The van der Waals surface area contributed by atoms with E-state index in [1.54, 1.807) is 31.2 Å². The van der Waals surface area contributed by atoms with Crippen LogP contribution in [0.1, 0.15) is 39.2 Å². The van der Waals surface area contributed by atoms with Crippen LogP contribution in [-0.2, 0) is 26.2 Å². The number of carbonyl (C=O) groups excluding carboxylic acids is 2. The lowest BCUT2D eigenvalue weighted by atomic mass is 10.1. The number of halogens is 3. The molecule has 0 fully saturated rings. The molecule has 11 heteroatoms. The average Bonchev–Trinajstić information content (AvgIpc) is 2.79. The predicted molar refractivity (Wildman–Crippen MR) is 143 cm³/mol. The van der Waals surface area contributed by atoms with Gasteiger partial charge in [-0.05, 0) is 55.7 Å². The molecule has 0 spiro atoms. The first-order chi connectivity index (χ1) is 16.4. The minimum Gasteiger partial charge on any atom is -0.352 e. The van der Waals surface area contributed by atoms with Gasteiger partial charge < -0.3 is 10.2 Å². The summed E-state index contributed by atoms with van der Waals surface area (Å²) in [4.78, 5) is 28.1. The number of nitrogens with zero attached hydrogens (tertiary/aromatic N) is 2. The lowest BCUT2D eigenvalue weighted by molar-refractivity contribution is -0.140. The molecule has 0 aromatic heterocycles. The van der Waals surface area contributed by atoms with Crippen molar-refractivity contribution in [3.63, 3.8) is 0 Å². The summed E-state index contributed by atoms with van der Waals surface area (Å²) < 4.78 is 26.2. The number of amides is 2. The zero-order chi connectivity index (χ0) is 26.3. The van der Waals surface area contributed by atoms with Crippen molar-refractivity contribution < 1.29 is 18.0 Å². The highest BCUT2D eigenvalue weighted by Crippen LogP contribution is 2.28. The molecule has 0 saturated heterocycles. The van der Waals surface area contributed by atoms with E-state index in [-0.39, 0.29) is 34.2 Å². The van der Waals surface area contributed by atoms with Crippen molar-refractivity contribution in [3.05, 3.63) is 63.1 Å². The summed E-state index contributed by atoms with van der Waals surface area (Å²) >= 11 is 18.1. The van der Waals surface area contributed by atoms with Gasteiger partial charge in [-0.15, -0.1) is 0 Å². The van der Waals surface area contributed by atoms with Gasteiger partial charge in [-0.3, -0.25) is 13.9 Å². The SMILES string of the molecule is CC[C@@H](C)NC(=O)[C@@H](CC)N(Cc1ccc(Cl)cc1)C(=O)CN(c1ccc(Cl)c(Cl)c1)S(C)(=O)=O. The molecule has 35 heavy (non-hydrogen) atoms. The Labute approximate surface area is 222 Å². The Hall–Kier alpha value is -2.00. The maximum atomic E-state index is 13.6. The first-order valence-electron chi connectivity index (χ1n) is 11.1. The third kappa shape index (κ3) is 8.27. The van der Waals surface area contributed by atoms with Crippen molar-refractivity contribution in [2.24, 2.45) is 0 Å². The van der Waals surface area contributed by atoms with Crippen LogP contribution < -0.4 is 9.62 Å². The van der Waals surface area contributed by atoms with Crippen LogP contribution in [0.5, 0.6) is 0 Å². The molecular weight excluding hydrogens is 533 g/mol. The maximum absolute atomic E-state index is 13.6. The number of benzene rings is 2. The number of rotatable bonds is 11. The fourth-order valence-electron chi connectivity index (χ4n) is 3.40. The van der Waals surface area contributed by atoms with E-state index in [1.165, 1.54) is 23.1 Å². The monoisotopic (exact) mass is 561 g/mol. The van der Waals surface area contributed by atoms with Crippen LogP contribution >= 0.6 is 34.8 Å². The topological polar surface area (TPSA) is 86.8 Å². The molecule has 1 N–H and O–H groups in total. The predicted octanol–water partition coefficient (Wildman–Crippen LogP) is 5.13. The Morgan fingerprint density at radius 3 is 2.11 bits per heavy atom. The van der Waals surface area contributed by atoms with E-state index in [0.29, 0.717) is 11.4 Å². The second-order valence-corrected chi connectivity index (χ2v) is 11.4. The molecule has 0 aliphatic carbocycles. The molecular formula is C24H30Cl3N3O4S. The third-order valence-electron chi connectivity index (χ3n) is 5.52. The Kier molecular flexibility index (Phi) is 10.7. The van der Waals surface area contributed by atoms with Crippen LogP contribution in [0.3, 0.4) is 0 Å². The number of nitrogens with one attached hydrogen (secondary N) is 1. The largest absolute Gasteiger partial charge is 0.352 e. The molecule has 2 aromatic rings. The smallest absolute Gasteiger partial charge is 0.244 e. The number of hydrogen-bond acceptors (Lipinski definition) is 4. The van der Waals surface area contributed by atoms with Gasteiger partial charge in [-0.25, -0.2) is 8.42 Å². The van der Waals surface area contributed by atoms with E-state index in [9.17, 15) is 18.0 Å². The second kappa shape index (κ2) is 12.8. The van der Waals surface area contributed by atoms with Crippen LogP contribution in [0.25, 0.3) is 0 Å². The number of carbonyl (C=O) groups is 2. The second-order valence-electron chi connectivity index (χ2n) is 8.26. The van der Waals surface area contributed by atoms with E-state index in [1.807, 2.05) is 13.8 Å². The summed E-state index contributed by atoms with van der Waals surface area (Å²) in [6.07, 6.45) is 2.07. The van der Waals surface area contributed by atoms with Gasteiger partial charge in [0.15, 0.2) is 0 Å². The lowest BCUT2D eigenvalue weighted by Gasteiger charge is -2.33. The molecule has 0 aliphatic heterocycles. The minimum atomic E-state index is -3.86. The van der Waals surface area contributed by atoms with E-state index >= 15 is 0 Å². The molecule has 0 radical (unpaired) electrons. The summed E-state index contributed by atoms with van der Waals surface area (Å²) in [5.41, 5.74) is 0.941. The van der Waals surface area contributed by atoms with Gasteiger partial charge in [-0.1, -0.05) is 60.8 Å². The zero-order valence-electron chi connectivity index (χ0n) is 20.1. The van der Waals surface area contributed by atoms with Gasteiger partial charge in [0, 0.05) is 17.6 Å².